The van der Waals surface area contributed by atoms with Crippen molar-refractivity contribution in [3.63, 3.8) is 0 Å². The Bertz CT molecular complexity index is 3640. The SMILES string of the molecule is CO[C@@H](C)COc1nc(N2CC3=C[C@H]2CN3)c2cc(C3CC3)c(-c3c(C)c(F)cc4[nH]ncc34)c(OCc3ccc(-c4cn([C@H](C(=O)N5C[C@H](O)C[C@H]5C(=O)N[C@@H](CO)c5ccc(-c6ccccn6)cc5)C(C)C)nn4)cc3)c2n1. The number of H-pyrrole nitrogens is 1. The number of fused-ring (bicyclic) bond motifs is 3. The lowest BCUT2D eigenvalue weighted by Gasteiger charge is -2.31. The van der Waals surface area contributed by atoms with Crippen molar-refractivity contribution in [2.75, 3.05) is 44.9 Å². The number of aliphatic hydroxyl groups excluding tert-OH is 2. The van der Waals surface area contributed by atoms with E-state index in [4.69, 9.17) is 24.2 Å². The molecule has 2 fully saturated rings. The number of carbonyl (C=O) groups is 2. The van der Waals surface area contributed by atoms with Gasteiger partial charge in [0.1, 0.15) is 48.1 Å². The van der Waals surface area contributed by atoms with Gasteiger partial charge in [-0.05, 0) is 91.1 Å². The summed E-state index contributed by atoms with van der Waals surface area (Å²) in [6.07, 6.45) is 8.19. The van der Waals surface area contributed by atoms with Crippen molar-refractivity contribution in [2.24, 2.45) is 5.92 Å². The fourth-order valence-corrected chi connectivity index (χ4v) is 11.4. The molecule has 7 heterocycles. The first-order valence-corrected chi connectivity index (χ1v) is 27.3. The van der Waals surface area contributed by atoms with Crippen molar-refractivity contribution in [1.82, 2.24) is 55.7 Å². The number of carbonyl (C=O) groups excluding carboxylic acids is 2. The van der Waals surface area contributed by atoms with Crippen LogP contribution in [0.15, 0.2) is 109 Å². The summed E-state index contributed by atoms with van der Waals surface area (Å²) in [6, 6.07) is 22.1. The van der Waals surface area contributed by atoms with Gasteiger partial charge < -0.3 is 44.9 Å². The zero-order valence-electron chi connectivity index (χ0n) is 45.1. The number of hydrogen-bond donors (Lipinski definition) is 5. The Balaban J connectivity index is 0.823. The maximum atomic E-state index is 16.1. The molecule has 1 saturated heterocycles. The molecule has 0 unspecified atom stereocenters. The van der Waals surface area contributed by atoms with Crippen molar-refractivity contribution >= 4 is 39.4 Å². The van der Waals surface area contributed by atoms with Gasteiger partial charge in [0.15, 0.2) is 5.75 Å². The number of aromatic amines is 1. The number of pyridine rings is 1. The van der Waals surface area contributed by atoms with Gasteiger partial charge in [-0.25, -0.2) is 9.07 Å². The second kappa shape index (κ2) is 21.7. The molecule has 6 atom stereocenters. The van der Waals surface area contributed by atoms with E-state index in [0.29, 0.717) is 45.7 Å². The van der Waals surface area contributed by atoms with Gasteiger partial charge in [0.2, 0.25) is 11.8 Å². The summed E-state index contributed by atoms with van der Waals surface area (Å²) in [6.45, 7) is 8.80. The van der Waals surface area contributed by atoms with Crippen LogP contribution >= 0.6 is 0 Å². The molecule has 1 saturated carbocycles. The third-order valence-corrected chi connectivity index (χ3v) is 15.9. The molecule has 4 aliphatic rings. The van der Waals surface area contributed by atoms with E-state index >= 15 is 4.39 Å². The Morgan fingerprint density at radius 3 is 2.44 bits per heavy atom. The smallest absolute Gasteiger partial charge is 0.319 e. The quantitative estimate of drug-likeness (QED) is 0.0528. The Morgan fingerprint density at radius 1 is 0.950 bits per heavy atom. The van der Waals surface area contributed by atoms with Crippen LogP contribution < -0.4 is 25.0 Å². The molecule has 0 radical (unpaired) electrons. The Hall–Kier alpha value is -8.33. The molecule has 20 heteroatoms. The molecule has 0 spiro atoms. The normalized spacial score (nSPS) is 18.9. The number of hydrogen-bond acceptors (Lipinski definition) is 15. The number of halogens is 1. The number of anilines is 1. The number of rotatable bonds is 19. The average Bonchev–Trinajstić information content (AvgIpc) is 3.64. The molecule has 3 aliphatic heterocycles. The number of piperazine rings is 1. The highest BCUT2D eigenvalue weighted by Gasteiger charge is 2.44. The predicted octanol–water partition coefficient (Wildman–Crippen LogP) is 7.50. The van der Waals surface area contributed by atoms with Crippen molar-refractivity contribution in [3.05, 3.63) is 137 Å². The van der Waals surface area contributed by atoms with Crippen LogP contribution in [-0.4, -0.2) is 131 Å². The monoisotopic (exact) mass is 1080 g/mol. The number of β-amino-alcohol motifs (C(OH)–C–C–N with tert-alkyl or cyclic N) is 1. The standard InChI is InChI=1S/C60H63FN12O7/c1-32(2)55(59(77)72-27-42(75)21-51(72)58(76)65-50(29-74)39-17-15-37(16-18-39)47-8-6-7-19-62-47)73-28-49(69-70-73)38-11-9-35(10-12-38)31-79-56-53(52-34(4)46(61)23-48-45(52)25-64-68-48)43(36-13-14-36)22-44-54(56)66-60(80-30-33(3)78-5)67-57(44)71-26-40-20-41(71)24-63-40/h6-12,15-20,22-23,25,28,32-33,36,41-42,50-51,55,63,74-75H,13-14,21,24,26-27,29-31H2,1-5H3,(H,64,68)(H,65,76)/t33-,41-,42+,50-,51-,55-/m0/s1. The number of aliphatic hydroxyl groups is 2. The van der Waals surface area contributed by atoms with Crippen LogP contribution in [0, 0.1) is 18.7 Å². The zero-order chi connectivity index (χ0) is 55.3. The highest BCUT2D eigenvalue weighted by Crippen LogP contribution is 2.53. The minimum Gasteiger partial charge on any atom is -0.486 e. The van der Waals surface area contributed by atoms with Gasteiger partial charge in [-0.15, -0.1) is 5.10 Å². The number of nitrogens with zero attached hydrogens (tertiary/aromatic N) is 9. The van der Waals surface area contributed by atoms with E-state index in [-0.39, 0.29) is 74.5 Å². The number of benzene rings is 4. The fourth-order valence-electron chi connectivity index (χ4n) is 11.4. The summed E-state index contributed by atoms with van der Waals surface area (Å²) < 4.78 is 36.5. The maximum Gasteiger partial charge on any atom is 0.319 e. The Kier molecular flexibility index (Phi) is 14.2. The van der Waals surface area contributed by atoms with Crippen LogP contribution in [0.25, 0.3) is 55.4 Å². The molecule has 2 amide bonds. The summed E-state index contributed by atoms with van der Waals surface area (Å²) >= 11 is 0. The number of methoxy groups -OCH3 is 1. The van der Waals surface area contributed by atoms with E-state index in [0.717, 1.165) is 75.2 Å². The second-order valence-electron chi connectivity index (χ2n) is 21.7. The third-order valence-electron chi connectivity index (χ3n) is 15.9. The van der Waals surface area contributed by atoms with Crippen molar-refractivity contribution in [1.29, 1.82) is 0 Å². The molecule has 12 rings (SSSR count). The molecule has 4 aromatic carbocycles. The van der Waals surface area contributed by atoms with Gasteiger partial charge in [-0.1, -0.05) is 73.7 Å². The van der Waals surface area contributed by atoms with Crippen molar-refractivity contribution in [2.45, 2.75) is 95.9 Å². The number of ether oxygens (including phenoxy) is 3. The average molecular weight is 1080 g/mol. The lowest BCUT2D eigenvalue weighted by atomic mass is 9.88. The molecule has 1 aliphatic carbocycles. The number of amides is 2. The van der Waals surface area contributed by atoms with Crippen molar-refractivity contribution < 1.29 is 38.4 Å². The summed E-state index contributed by atoms with van der Waals surface area (Å²) in [5.74, 6) is -0.114. The molecule has 4 aromatic heterocycles. The number of aromatic nitrogens is 8. The largest absolute Gasteiger partial charge is 0.486 e. The third kappa shape index (κ3) is 10.1. The molecule has 5 N–H and O–H groups in total. The topological polar surface area (TPSA) is 231 Å². The molecule has 80 heavy (non-hydrogen) atoms. The molecular weight excluding hydrogens is 1020 g/mol. The van der Waals surface area contributed by atoms with Crippen molar-refractivity contribution in [3.8, 4) is 45.4 Å². The first-order chi connectivity index (χ1) is 38.8. The highest BCUT2D eigenvalue weighted by molar-refractivity contribution is 6.06. The molecule has 19 nitrogen and oxygen atoms in total. The summed E-state index contributed by atoms with van der Waals surface area (Å²) in [7, 11) is 1.63. The van der Waals surface area contributed by atoms with E-state index in [2.05, 4.69) is 53.2 Å². The first kappa shape index (κ1) is 52.4. The lowest BCUT2D eigenvalue weighted by Crippen LogP contribution is -2.50. The van der Waals surface area contributed by atoms with Gasteiger partial charge in [-0.2, -0.15) is 15.1 Å². The molecule has 2 bridgehead atoms. The molecule has 8 aromatic rings. The van der Waals surface area contributed by atoms with Gasteiger partial charge in [0.05, 0.1) is 61.0 Å². The van der Waals surface area contributed by atoms with Crippen LogP contribution in [0.1, 0.15) is 80.3 Å². The van der Waals surface area contributed by atoms with E-state index in [9.17, 15) is 19.8 Å². The number of likely N-dealkylation sites (tertiary alicyclic amines) is 1. The number of nitrogens with one attached hydrogen (secondary N) is 3. The van der Waals surface area contributed by atoms with Crippen LogP contribution in [0.4, 0.5) is 10.2 Å². The highest BCUT2D eigenvalue weighted by atomic mass is 19.1. The summed E-state index contributed by atoms with van der Waals surface area (Å²) in [4.78, 5) is 46.9. The zero-order valence-corrected chi connectivity index (χ0v) is 45.1. The minimum absolute atomic E-state index is 0.0356. The molecule has 412 valence electrons. The van der Waals surface area contributed by atoms with Crippen LogP contribution in [-0.2, 0) is 20.9 Å². The van der Waals surface area contributed by atoms with E-state index in [1.807, 2.05) is 87.5 Å². The minimum atomic E-state index is -0.988. The fraction of sp³-hybridized carbons (Fsp3) is 0.367. The van der Waals surface area contributed by atoms with Gasteiger partial charge in [-0.3, -0.25) is 19.7 Å². The van der Waals surface area contributed by atoms with Crippen LogP contribution in [0.2, 0.25) is 0 Å². The predicted molar refractivity (Wildman–Crippen MR) is 298 cm³/mol. The Labute approximate surface area is 461 Å². The summed E-state index contributed by atoms with van der Waals surface area (Å²) in [5, 5.41) is 45.6. The van der Waals surface area contributed by atoms with E-state index < -0.39 is 30.1 Å². The van der Waals surface area contributed by atoms with E-state index in [1.165, 1.54) is 15.6 Å². The van der Waals surface area contributed by atoms with Crippen LogP contribution in [0.5, 0.6) is 11.8 Å². The second-order valence-corrected chi connectivity index (χ2v) is 21.7. The molecular formula is C60H63FN12O7. The lowest BCUT2D eigenvalue weighted by molar-refractivity contribution is -0.142. The van der Waals surface area contributed by atoms with E-state index in [1.54, 1.807) is 32.6 Å². The first-order valence-electron chi connectivity index (χ1n) is 27.3. The maximum absolute atomic E-state index is 16.1. The van der Waals surface area contributed by atoms with Gasteiger partial charge in [0.25, 0.3) is 0 Å². The van der Waals surface area contributed by atoms with Gasteiger partial charge in [0, 0.05) is 71.5 Å². The van der Waals surface area contributed by atoms with Gasteiger partial charge >= 0.3 is 6.01 Å². The van der Waals surface area contributed by atoms with Crippen LogP contribution in [0.3, 0.4) is 0 Å². The summed E-state index contributed by atoms with van der Waals surface area (Å²) in [5.41, 5.74) is 9.61. The Morgan fingerprint density at radius 2 is 1.74 bits per heavy atom.